The van der Waals surface area contributed by atoms with Crippen molar-refractivity contribution >= 4 is 22.7 Å². The lowest BCUT2D eigenvalue weighted by Gasteiger charge is -2.09. The lowest BCUT2D eigenvalue weighted by molar-refractivity contribution is 0.770. The van der Waals surface area contributed by atoms with Gasteiger partial charge in [0.1, 0.15) is 17.5 Å². The Kier molecular flexibility index (Phi) is 3.66. The van der Waals surface area contributed by atoms with Crippen LogP contribution in [-0.4, -0.2) is 24.7 Å². The first kappa shape index (κ1) is 15.8. The van der Waals surface area contributed by atoms with Crippen molar-refractivity contribution in [2.75, 3.05) is 5.32 Å². The van der Waals surface area contributed by atoms with Crippen molar-refractivity contribution < 1.29 is 0 Å². The Hall–Kier alpha value is -3.66. The van der Waals surface area contributed by atoms with Gasteiger partial charge in [-0.3, -0.25) is 9.67 Å². The maximum absolute atomic E-state index is 9.45. The van der Waals surface area contributed by atoms with Gasteiger partial charge in [-0.25, -0.2) is 4.98 Å². The summed E-state index contributed by atoms with van der Waals surface area (Å²) in [6.07, 6.45) is 3.61. The van der Waals surface area contributed by atoms with Gasteiger partial charge in [-0.05, 0) is 32.0 Å². The number of nitriles is 1. The monoisotopic (exact) mass is 343 g/mol. The topological polar surface area (TPSA) is 95.2 Å². The summed E-state index contributed by atoms with van der Waals surface area (Å²) in [7, 11) is 1.88. The Morgan fingerprint density at radius 3 is 2.77 bits per heavy atom. The molecule has 4 aromatic heterocycles. The molecule has 7 nitrogen and oxygen atoms in total. The van der Waals surface area contributed by atoms with Crippen LogP contribution in [0.3, 0.4) is 0 Å². The highest BCUT2D eigenvalue weighted by atomic mass is 15.3. The van der Waals surface area contributed by atoms with Gasteiger partial charge in [0.05, 0.1) is 11.3 Å². The highest BCUT2D eigenvalue weighted by Crippen LogP contribution is 2.32. The molecule has 0 fully saturated rings. The summed E-state index contributed by atoms with van der Waals surface area (Å²) in [6.45, 7) is 3.93. The maximum Gasteiger partial charge on any atom is 0.156 e. The van der Waals surface area contributed by atoms with Crippen LogP contribution in [0.25, 0.3) is 22.3 Å². The minimum absolute atomic E-state index is 0.548. The third kappa shape index (κ3) is 2.67. The lowest BCUT2D eigenvalue weighted by Crippen LogP contribution is -1.99. The van der Waals surface area contributed by atoms with Gasteiger partial charge < -0.3 is 10.3 Å². The molecule has 4 aromatic rings. The summed E-state index contributed by atoms with van der Waals surface area (Å²) in [6, 6.07) is 9.97. The van der Waals surface area contributed by atoms with E-state index in [0.29, 0.717) is 17.0 Å². The van der Waals surface area contributed by atoms with Crippen molar-refractivity contribution in [3.05, 3.63) is 53.5 Å². The minimum atomic E-state index is 0.548. The average Bonchev–Trinajstić information content (AvgIpc) is 3.16. The Morgan fingerprint density at radius 2 is 2.08 bits per heavy atom. The standard InChI is InChI=1S/C19H17N7/c1-11-10-26(3)25-18(11)23-16-7-14(15-6-4-5-12(2)22-15)17-13(8-20)9-21-19(17)24-16/h4-7,9-10H,1-3H3,(H2,21,23,24,25). The van der Waals surface area contributed by atoms with Crippen LogP contribution >= 0.6 is 0 Å². The molecule has 0 unspecified atom stereocenters. The van der Waals surface area contributed by atoms with Crippen LogP contribution in [0.15, 0.2) is 36.7 Å². The number of aromatic amines is 1. The van der Waals surface area contributed by atoms with E-state index in [4.69, 9.17) is 0 Å². The predicted octanol–water partition coefficient (Wildman–Crippen LogP) is 3.59. The number of fused-ring (bicyclic) bond motifs is 1. The molecule has 4 rings (SSSR count). The first-order valence-electron chi connectivity index (χ1n) is 8.18. The molecule has 0 bridgehead atoms. The summed E-state index contributed by atoms with van der Waals surface area (Å²) < 4.78 is 1.75. The van der Waals surface area contributed by atoms with Gasteiger partial charge in [-0.2, -0.15) is 10.4 Å². The molecule has 4 heterocycles. The van der Waals surface area contributed by atoms with Crippen LogP contribution in [0.1, 0.15) is 16.8 Å². The highest BCUT2D eigenvalue weighted by molar-refractivity contribution is 5.98. The van der Waals surface area contributed by atoms with Gasteiger partial charge in [0.15, 0.2) is 5.82 Å². The van der Waals surface area contributed by atoms with Gasteiger partial charge in [0, 0.05) is 41.6 Å². The van der Waals surface area contributed by atoms with E-state index in [2.05, 4.69) is 31.4 Å². The molecule has 0 saturated heterocycles. The van der Waals surface area contributed by atoms with Crippen molar-refractivity contribution in [3.63, 3.8) is 0 Å². The molecular formula is C19H17N7. The molecule has 0 spiro atoms. The van der Waals surface area contributed by atoms with Gasteiger partial charge in [0.25, 0.3) is 0 Å². The fourth-order valence-electron chi connectivity index (χ4n) is 3.03. The Morgan fingerprint density at radius 1 is 1.23 bits per heavy atom. The predicted molar refractivity (Wildman–Crippen MR) is 100 cm³/mol. The quantitative estimate of drug-likeness (QED) is 0.593. The molecule has 128 valence electrons. The van der Waals surface area contributed by atoms with Crippen LogP contribution in [0.5, 0.6) is 0 Å². The third-order valence-corrected chi connectivity index (χ3v) is 4.18. The van der Waals surface area contributed by atoms with Crippen molar-refractivity contribution in [3.8, 4) is 17.3 Å². The molecule has 0 saturated carbocycles. The molecule has 0 radical (unpaired) electrons. The van der Waals surface area contributed by atoms with Crippen LogP contribution in [-0.2, 0) is 7.05 Å². The van der Waals surface area contributed by atoms with E-state index >= 15 is 0 Å². The van der Waals surface area contributed by atoms with E-state index in [1.54, 1.807) is 10.9 Å². The van der Waals surface area contributed by atoms with E-state index in [1.807, 2.05) is 51.4 Å². The van der Waals surface area contributed by atoms with Gasteiger partial charge in [0.2, 0.25) is 0 Å². The molecule has 0 aliphatic carbocycles. The lowest BCUT2D eigenvalue weighted by atomic mass is 10.1. The fraction of sp³-hybridized carbons (Fsp3) is 0.158. The summed E-state index contributed by atoms with van der Waals surface area (Å²) in [5.41, 5.74) is 4.78. The Balaban J connectivity index is 1.91. The van der Waals surface area contributed by atoms with Crippen LogP contribution in [0.4, 0.5) is 11.6 Å². The molecule has 7 heteroatoms. The zero-order valence-electron chi connectivity index (χ0n) is 14.7. The number of rotatable bonds is 3. The SMILES string of the molecule is Cc1cccc(-c2cc(Nc3nn(C)cc3C)nc3[nH]cc(C#N)c23)n1. The molecule has 0 aliphatic heterocycles. The number of aryl methyl sites for hydroxylation is 3. The summed E-state index contributed by atoms with van der Waals surface area (Å²) >= 11 is 0. The zero-order valence-corrected chi connectivity index (χ0v) is 14.7. The molecule has 0 aromatic carbocycles. The second-order valence-electron chi connectivity index (χ2n) is 6.22. The Bertz CT molecular complexity index is 1160. The number of aromatic nitrogens is 5. The number of hydrogen-bond acceptors (Lipinski definition) is 5. The Labute approximate surface area is 150 Å². The maximum atomic E-state index is 9.45. The summed E-state index contributed by atoms with van der Waals surface area (Å²) in [4.78, 5) is 12.3. The molecule has 0 aliphatic rings. The zero-order chi connectivity index (χ0) is 18.3. The van der Waals surface area contributed by atoms with E-state index in [1.165, 1.54) is 0 Å². The van der Waals surface area contributed by atoms with E-state index in [0.717, 1.165) is 33.7 Å². The molecular weight excluding hydrogens is 326 g/mol. The highest BCUT2D eigenvalue weighted by Gasteiger charge is 2.15. The number of nitrogens with one attached hydrogen (secondary N) is 2. The van der Waals surface area contributed by atoms with E-state index in [-0.39, 0.29) is 0 Å². The van der Waals surface area contributed by atoms with Crippen molar-refractivity contribution in [1.82, 2.24) is 24.7 Å². The smallest absolute Gasteiger partial charge is 0.156 e. The molecule has 0 atom stereocenters. The first-order chi connectivity index (χ1) is 12.5. The second kappa shape index (κ2) is 6.01. The number of nitrogens with zero attached hydrogens (tertiary/aromatic N) is 5. The van der Waals surface area contributed by atoms with Crippen molar-refractivity contribution in [2.45, 2.75) is 13.8 Å². The molecule has 0 amide bonds. The third-order valence-electron chi connectivity index (χ3n) is 4.18. The largest absolute Gasteiger partial charge is 0.345 e. The first-order valence-corrected chi connectivity index (χ1v) is 8.18. The fourth-order valence-corrected chi connectivity index (χ4v) is 3.03. The summed E-state index contributed by atoms with van der Waals surface area (Å²) in [5.74, 6) is 1.39. The number of hydrogen-bond donors (Lipinski definition) is 2. The van der Waals surface area contributed by atoms with Crippen LogP contribution in [0, 0.1) is 25.2 Å². The number of pyridine rings is 2. The van der Waals surface area contributed by atoms with Crippen molar-refractivity contribution in [2.24, 2.45) is 7.05 Å². The number of H-pyrrole nitrogens is 1. The van der Waals surface area contributed by atoms with E-state index < -0.39 is 0 Å². The second-order valence-corrected chi connectivity index (χ2v) is 6.22. The summed E-state index contributed by atoms with van der Waals surface area (Å²) in [5, 5.41) is 17.9. The van der Waals surface area contributed by atoms with Crippen molar-refractivity contribution in [1.29, 1.82) is 5.26 Å². The molecule has 2 N–H and O–H groups in total. The van der Waals surface area contributed by atoms with Crippen LogP contribution in [0.2, 0.25) is 0 Å². The number of anilines is 2. The minimum Gasteiger partial charge on any atom is -0.345 e. The molecule has 26 heavy (non-hydrogen) atoms. The van der Waals surface area contributed by atoms with Gasteiger partial charge >= 0.3 is 0 Å². The average molecular weight is 343 g/mol. The van der Waals surface area contributed by atoms with E-state index in [9.17, 15) is 5.26 Å². The van der Waals surface area contributed by atoms with Gasteiger partial charge in [-0.1, -0.05) is 6.07 Å². The van der Waals surface area contributed by atoms with Crippen LogP contribution < -0.4 is 5.32 Å². The van der Waals surface area contributed by atoms with Gasteiger partial charge in [-0.15, -0.1) is 0 Å². The normalized spacial score (nSPS) is 10.8.